The normalized spacial score (nSPS) is 11.5. The number of para-hydroxylation sites is 2. The average molecular weight is 803 g/mol. The van der Waals surface area contributed by atoms with E-state index in [1.54, 1.807) is 0 Å². The highest BCUT2D eigenvalue weighted by molar-refractivity contribution is 6.15. The first kappa shape index (κ1) is 36.4. The standard InChI is InChI=1S/C59H38N4/c1-4-14-40(15-5-1)51-37-53(42-16-6-2-7-17-42)60-52-35-32-41-26-29-46(36-50(41)58(51)52)39-24-27-43(28-25-39)54-38-55(62-59(61-54)45-18-8-3-9-19-45)44-30-33-47(34-31-44)63-56-22-12-10-20-48(56)49-21-11-13-23-57(49)63/h1-38H. The molecule has 4 heteroatoms. The van der Waals surface area contributed by atoms with Crippen LogP contribution in [0.4, 0.5) is 0 Å². The quantitative estimate of drug-likeness (QED) is 0.151. The lowest BCUT2D eigenvalue weighted by Gasteiger charge is -2.14. The molecular formula is C59H38N4. The highest BCUT2D eigenvalue weighted by Crippen LogP contribution is 2.39. The Morgan fingerprint density at radius 2 is 0.778 bits per heavy atom. The van der Waals surface area contributed by atoms with Crippen molar-refractivity contribution >= 4 is 43.5 Å². The van der Waals surface area contributed by atoms with Gasteiger partial charge in [-0.25, -0.2) is 15.0 Å². The number of pyridine rings is 1. The molecule has 0 atom stereocenters. The maximum atomic E-state index is 5.21. The van der Waals surface area contributed by atoms with Gasteiger partial charge in [0.1, 0.15) is 0 Å². The zero-order valence-corrected chi connectivity index (χ0v) is 34.2. The fourth-order valence-electron chi connectivity index (χ4n) is 9.11. The van der Waals surface area contributed by atoms with Gasteiger partial charge in [0.2, 0.25) is 0 Å². The van der Waals surface area contributed by atoms with E-state index in [0.717, 1.165) is 67.1 Å². The Kier molecular flexibility index (Phi) is 8.79. The van der Waals surface area contributed by atoms with Crippen LogP contribution in [0.3, 0.4) is 0 Å². The molecule has 12 rings (SSSR count). The lowest BCUT2D eigenvalue weighted by molar-refractivity contribution is 1.17. The van der Waals surface area contributed by atoms with Gasteiger partial charge in [0.05, 0.1) is 33.6 Å². The van der Waals surface area contributed by atoms with Gasteiger partial charge < -0.3 is 4.57 Å². The van der Waals surface area contributed by atoms with Gasteiger partial charge in [0, 0.05) is 44.1 Å². The third kappa shape index (κ3) is 6.53. The fraction of sp³-hybridized carbons (Fsp3) is 0. The van der Waals surface area contributed by atoms with Crippen molar-refractivity contribution < 1.29 is 0 Å². The smallest absolute Gasteiger partial charge is 0.160 e. The second-order valence-corrected chi connectivity index (χ2v) is 16.0. The van der Waals surface area contributed by atoms with Gasteiger partial charge in [-0.2, -0.15) is 0 Å². The van der Waals surface area contributed by atoms with Crippen molar-refractivity contribution in [2.75, 3.05) is 0 Å². The summed E-state index contributed by atoms with van der Waals surface area (Å²) in [4.78, 5) is 15.5. The van der Waals surface area contributed by atoms with E-state index in [1.165, 1.54) is 43.7 Å². The zero-order chi connectivity index (χ0) is 41.7. The van der Waals surface area contributed by atoms with E-state index in [4.69, 9.17) is 15.0 Å². The minimum absolute atomic E-state index is 0.693. The monoisotopic (exact) mass is 802 g/mol. The summed E-state index contributed by atoms with van der Waals surface area (Å²) in [5.41, 5.74) is 15.9. The molecule has 0 aliphatic carbocycles. The maximum Gasteiger partial charge on any atom is 0.160 e. The van der Waals surface area contributed by atoms with Crippen LogP contribution in [0.2, 0.25) is 0 Å². The molecule has 0 N–H and O–H groups in total. The molecule has 9 aromatic carbocycles. The Morgan fingerprint density at radius 1 is 0.302 bits per heavy atom. The lowest BCUT2D eigenvalue weighted by Crippen LogP contribution is -1.97. The summed E-state index contributed by atoms with van der Waals surface area (Å²) in [6.45, 7) is 0. The largest absolute Gasteiger partial charge is 0.309 e. The fourth-order valence-corrected chi connectivity index (χ4v) is 9.11. The Hall–Kier alpha value is -8.47. The first-order chi connectivity index (χ1) is 31.2. The first-order valence-electron chi connectivity index (χ1n) is 21.3. The van der Waals surface area contributed by atoms with Crippen molar-refractivity contribution in [2.45, 2.75) is 0 Å². The van der Waals surface area contributed by atoms with Gasteiger partial charge in [-0.15, -0.1) is 0 Å². The van der Waals surface area contributed by atoms with E-state index in [0.29, 0.717) is 5.82 Å². The van der Waals surface area contributed by atoms with Crippen molar-refractivity contribution in [3.63, 3.8) is 0 Å². The van der Waals surface area contributed by atoms with E-state index in [2.05, 4.69) is 211 Å². The van der Waals surface area contributed by atoms with Crippen LogP contribution in [0.5, 0.6) is 0 Å². The molecule has 0 saturated carbocycles. The minimum Gasteiger partial charge on any atom is -0.309 e. The Balaban J connectivity index is 0.931. The molecule has 3 heterocycles. The van der Waals surface area contributed by atoms with Crippen LogP contribution in [0.1, 0.15) is 0 Å². The molecule has 3 aromatic heterocycles. The summed E-state index contributed by atoms with van der Waals surface area (Å²) in [6, 6.07) is 81.5. The third-order valence-electron chi connectivity index (χ3n) is 12.2. The van der Waals surface area contributed by atoms with Crippen LogP contribution in [0.25, 0.3) is 117 Å². The lowest BCUT2D eigenvalue weighted by atomic mass is 9.92. The first-order valence-corrected chi connectivity index (χ1v) is 21.3. The van der Waals surface area contributed by atoms with Gasteiger partial charge >= 0.3 is 0 Å². The van der Waals surface area contributed by atoms with Gasteiger partial charge in [0.15, 0.2) is 5.82 Å². The van der Waals surface area contributed by atoms with Crippen LogP contribution in [0.15, 0.2) is 231 Å². The van der Waals surface area contributed by atoms with Crippen LogP contribution in [-0.2, 0) is 0 Å². The van der Waals surface area contributed by atoms with Crippen LogP contribution < -0.4 is 0 Å². The summed E-state index contributed by atoms with van der Waals surface area (Å²) in [5, 5.41) is 6.01. The van der Waals surface area contributed by atoms with Crippen LogP contribution >= 0.6 is 0 Å². The second kappa shape index (κ2) is 15.2. The SMILES string of the molecule is c1ccc(-c2cc(-c3ccccc3)c3c(ccc4ccc(-c5ccc(-c6cc(-c7ccc(-n8c9ccccc9c9ccccc98)cc7)nc(-c7ccccc7)n6)cc5)cc43)n2)cc1. The number of aromatic nitrogens is 4. The molecule has 0 amide bonds. The summed E-state index contributed by atoms with van der Waals surface area (Å²) in [5.74, 6) is 0.693. The number of rotatable bonds is 7. The second-order valence-electron chi connectivity index (χ2n) is 16.0. The Bertz CT molecular complexity index is 3580. The molecule has 0 bridgehead atoms. The number of hydrogen-bond acceptors (Lipinski definition) is 3. The average Bonchev–Trinajstić information content (AvgIpc) is 3.71. The van der Waals surface area contributed by atoms with Crippen LogP contribution in [0, 0.1) is 0 Å². The summed E-state index contributed by atoms with van der Waals surface area (Å²) in [7, 11) is 0. The molecular weight excluding hydrogens is 765 g/mol. The third-order valence-corrected chi connectivity index (χ3v) is 12.2. The number of benzene rings is 9. The number of fused-ring (bicyclic) bond motifs is 6. The highest BCUT2D eigenvalue weighted by atomic mass is 15.0. The Morgan fingerprint density at radius 3 is 1.41 bits per heavy atom. The molecule has 0 unspecified atom stereocenters. The molecule has 0 fully saturated rings. The van der Waals surface area contributed by atoms with Gasteiger partial charge in [-0.05, 0) is 81.6 Å². The van der Waals surface area contributed by atoms with Gasteiger partial charge in [-0.3, -0.25) is 0 Å². The Labute approximate surface area is 365 Å². The molecule has 0 spiro atoms. The van der Waals surface area contributed by atoms with Crippen molar-refractivity contribution in [1.82, 2.24) is 19.5 Å². The van der Waals surface area contributed by atoms with Gasteiger partial charge in [-0.1, -0.05) is 182 Å². The van der Waals surface area contributed by atoms with Crippen molar-refractivity contribution in [2.24, 2.45) is 0 Å². The topological polar surface area (TPSA) is 43.6 Å². The van der Waals surface area contributed by atoms with Crippen molar-refractivity contribution in [1.29, 1.82) is 0 Å². The zero-order valence-electron chi connectivity index (χ0n) is 34.2. The highest BCUT2D eigenvalue weighted by Gasteiger charge is 2.16. The molecule has 0 aliphatic heterocycles. The predicted octanol–water partition coefficient (Wildman–Crippen LogP) is 15.3. The minimum atomic E-state index is 0.693. The molecule has 0 radical (unpaired) electrons. The summed E-state index contributed by atoms with van der Waals surface area (Å²) in [6.07, 6.45) is 0. The van der Waals surface area contributed by atoms with E-state index in [9.17, 15) is 0 Å². The molecule has 294 valence electrons. The molecule has 12 aromatic rings. The predicted molar refractivity (Wildman–Crippen MR) is 262 cm³/mol. The van der Waals surface area contributed by atoms with E-state index >= 15 is 0 Å². The van der Waals surface area contributed by atoms with Gasteiger partial charge in [0.25, 0.3) is 0 Å². The molecule has 4 nitrogen and oxygen atoms in total. The van der Waals surface area contributed by atoms with Crippen molar-refractivity contribution in [3.8, 4) is 73.1 Å². The molecule has 0 saturated heterocycles. The molecule has 0 aliphatic rings. The molecule has 63 heavy (non-hydrogen) atoms. The number of nitrogens with zero attached hydrogens (tertiary/aromatic N) is 4. The summed E-state index contributed by atoms with van der Waals surface area (Å²) < 4.78 is 2.34. The van der Waals surface area contributed by atoms with E-state index in [1.807, 2.05) is 24.3 Å². The number of hydrogen-bond donors (Lipinski definition) is 0. The maximum absolute atomic E-state index is 5.21. The van der Waals surface area contributed by atoms with E-state index in [-0.39, 0.29) is 0 Å². The summed E-state index contributed by atoms with van der Waals surface area (Å²) >= 11 is 0. The van der Waals surface area contributed by atoms with Crippen LogP contribution in [-0.4, -0.2) is 19.5 Å². The van der Waals surface area contributed by atoms with E-state index < -0.39 is 0 Å². The van der Waals surface area contributed by atoms with Crippen molar-refractivity contribution in [3.05, 3.63) is 231 Å².